The van der Waals surface area contributed by atoms with Gasteiger partial charge in [0.1, 0.15) is 18.1 Å². The summed E-state index contributed by atoms with van der Waals surface area (Å²) in [4.78, 5) is 39.4. The molecule has 0 aliphatic carbocycles. The van der Waals surface area contributed by atoms with Crippen LogP contribution in [0.25, 0.3) is 0 Å². The van der Waals surface area contributed by atoms with Gasteiger partial charge >= 0.3 is 35.0 Å². The molecule has 1 fully saturated rings. The maximum Gasteiger partial charge on any atom is 3.00 e. The van der Waals surface area contributed by atoms with E-state index >= 15 is 0 Å². The third-order valence-corrected chi connectivity index (χ3v) is 5.36. The zero-order valence-corrected chi connectivity index (χ0v) is 17.5. The molecular weight excluding hydrogens is 401 g/mol. The normalized spacial score (nSPS) is 21.1. The van der Waals surface area contributed by atoms with E-state index in [4.69, 9.17) is 0 Å². The molecule has 0 amide bonds. The predicted molar refractivity (Wildman–Crippen MR) is 94.2 cm³/mol. The van der Waals surface area contributed by atoms with Crippen molar-refractivity contribution in [3.63, 3.8) is 0 Å². The van der Waals surface area contributed by atoms with E-state index in [0.29, 0.717) is 26.2 Å². The Hall–Kier alpha value is -1.23. The van der Waals surface area contributed by atoms with Crippen LogP contribution in [0.2, 0.25) is 0 Å². The first-order valence-corrected chi connectivity index (χ1v) is 8.30. The molecule has 0 saturated carbocycles. The Balaban J connectivity index is 0. The van der Waals surface area contributed by atoms with Crippen LogP contribution in [0.4, 0.5) is 0 Å². The molecule has 27 heavy (non-hydrogen) atoms. The second-order valence-corrected chi connectivity index (χ2v) is 7.09. The number of carboxylic acids is 3. The van der Waals surface area contributed by atoms with E-state index in [9.17, 15) is 29.7 Å². The zero-order valence-electron chi connectivity index (χ0n) is 16.3. The van der Waals surface area contributed by atoms with Crippen molar-refractivity contribution in [2.75, 3.05) is 33.2 Å². The van der Waals surface area contributed by atoms with Gasteiger partial charge < -0.3 is 20.8 Å². The molecule has 0 aromatic carbocycles. The summed E-state index contributed by atoms with van der Waals surface area (Å²) in [6.07, 6.45) is 0. The van der Waals surface area contributed by atoms with Gasteiger partial charge in [-0.25, -0.2) is 0 Å². The first kappa shape index (κ1) is 28.0. The summed E-state index contributed by atoms with van der Waals surface area (Å²) in [6.45, 7) is 8.04. The summed E-state index contributed by atoms with van der Waals surface area (Å²) in [7, 11) is 1.68. The van der Waals surface area contributed by atoms with Crippen LogP contribution in [0.3, 0.4) is 0 Å². The molecule has 1 aliphatic heterocycles. The average Bonchev–Trinajstić information content (AvgIpc) is 2.71. The van der Waals surface area contributed by atoms with E-state index in [1.165, 1.54) is 0 Å². The van der Waals surface area contributed by atoms with Crippen LogP contribution < -0.4 is 0 Å². The van der Waals surface area contributed by atoms with Gasteiger partial charge in [0.15, 0.2) is 0 Å². The minimum Gasteiger partial charge on any atom is -0.480 e. The maximum absolute atomic E-state index is 11.4. The van der Waals surface area contributed by atoms with Crippen LogP contribution in [0.5, 0.6) is 0 Å². The number of carboxylic acid groups (broad SMARTS) is 3. The van der Waals surface area contributed by atoms with Crippen molar-refractivity contribution in [3.05, 3.63) is 0 Å². The van der Waals surface area contributed by atoms with Crippen molar-refractivity contribution in [1.82, 2.24) is 14.7 Å². The largest absolute Gasteiger partial charge is 3.00 e. The fraction of sp³-hybridized carbons (Fsp3) is 0.812. The van der Waals surface area contributed by atoms with E-state index in [0.717, 1.165) is 0 Å². The van der Waals surface area contributed by atoms with Crippen molar-refractivity contribution in [1.29, 1.82) is 0 Å². The topological polar surface area (TPSA) is 153 Å². The summed E-state index contributed by atoms with van der Waals surface area (Å²) >= 11 is 0. The number of hydrogen-bond acceptors (Lipinski definition) is 6. The number of carbonyl (C=O) groups is 3. The van der Waals surface area contributed by atoms with Crippen molar-refractivity contribution in [2.45, 2.75) is 51.4 Å². The van der Waals surface area contributed by atoms with E-state index in [2.05, 4.69) is 0 Å². The zero-order chi connectivity index (χ0) is 19.5. The van der Waals surface area contributed by atoms with Crippen LogP contribution in [0, 0.1) is 0 Å². The summed E-state index contributed by atoms with van der Waals surface area (Å²) in [5.41, 5.74) is -0.721. The monoisotopic (exact) mass is 432 g/mol. The molecule has 1 aliphatic rings. The quantitative estimate of drug-likeness (QED) is 0.425. The Bertz CT molecular complexity index is 504. The summed E-state index contributed by atoms with van der Waals surface area (Å²) in [5.74, 6) is -2.91. The van der Waals surface area contributed by atoms with Crippen LogP contribution in [0.15, 0.2) is 0 Å². The molecule has 0 unspecified atom stereocenters. The number of rotatable bonds is 7. The van der Waals surface area contributed by atoms with Gasteiger partial charge in [-0.3, -0.25) is 29.1 Å². The summed E-state index contributed by atoms with van der Waals surface area (Å²) < 4.78 is 0. The smallest absolute Gasteiger partial charge is 0.480 e. The maximum atomic E-state index is 11.4. The number of nitrogens with zero attached hydrogens (tertiary/aromatic N) is 3. The van der Waals surface area contributed by atoms with Crippen molar-refractivity contribution < 1.29 is 52.2 Å². The number of hydrogen-bond donors (Lipinski definition) is 3. The average molecular weight is 432 g/mol. The second kappa shape index (κ2) is 10.9. The molecule has 0 bridgehead atoms. The molecular formula is C16H31MnN3O7+3. The molecule has 0 aromatic heterocycles. The Morgan fingerprint density at radius 3 is 1.48 bits per heavy atom. The number of aliphatic carboxylic acids is 3. The van der Waals surface area contributed by atoms with Gasteiger partial charge in [-0.2, -0.15) is 0 Å². The SMILES string of the molecule is C[C@H](C(=O)O)N1CCN([C@H](C)C(=O)O)CC(C)(N(C)[C@@H](C)C(=O)O)C1.O.[Mn+3]. The Kier molecular flexibility index (Phi) is 11.3. The molecule has 0 radical (unpaired) electrons. The molecule has 0 aromatic rings. The Morgan fingerprint density at radius 2 is 1.22 bits per heavy atom. The van der Waals surface area contributed by atoms with Crippen LogP contribution in [-0.2, 0) is 31.5 Å². The van der Waals surface area contributed by atoms with Gasteiger partial charge in [-0.05, 0) is 34.7 Å². The van der Waals surface area contributed by atoms with Crippen molar-refractivity contribution in [2.24, 2.45) is 0 Å². The first-order valence-electron chi connectivity index (χ1n) is 8.30. The van der Waals surface area contributed by atoms with Crippen molar-refractivity contribution >= 4 is 17.9 Å². The van der Waals surface area contributed by atoms with Crippen LogP contribution in [0.1, 0.15) is 27.7 Å². The van der Waals surface area contributed by atoms with Gasteiger partial charge in [0.25, 0.3) is 0 Å². The molecule has 11 heteroatoms. The summed E-state index contributed by atoms with van der Waals surface area (Å²) in [6, 6.07) is -2.27. The standard InChI is InChI=1S/C16H29N3O6.Mn.H2O/c1-10(13(20)21)17(5)16(4)8-18(11(2)14(22)23)6-7-19(9-16)12(3)15(24)25;;/h10-12H,6-9H2,1-5H3,(H,20,21)(H,22,23)(H,24,25);;1H2/q;+3;/t10-,11+,12+;;/m0../s1. The molecule has 1 heterocycles. The minimum atomic E-state index is -0.983. The predicted octanol–water partition coefficient (Wildman–Crippen LogP) is -1.11. The summed E-state index contributed by atoms with van der Waals surface area (Å²) in [5, 5.41) is 28.0. The van der Waals surface area contributed by atoms with Gasteiger partial charge in [0.05, 0.1) is 0 Å². The molecule has 5 N–H and O–H groups in total. The Morgan fingerprint density at radius 1 is 0.889 bits per heavy atom. The van der Waals surface area contributed by atoms with Gasteiger partial charge in [-0.15, -0.1) is 0 Å². The van der Waals surface area contributed by atoms with E-state index in [1.54, 1.807) is 42.5 Å². The fourth-order valence-corrected chi connectivity index (χ4v) is 3.17. The molecule has 1 saturated heterocycles. The molecule has 1 rings (SSSR count). The van der Waals surface area contributed by atoms with E-state index in [1.807, 2.05) is 6.92 Å². The van der Waals surface area contributed by atoms with Crippen LogP contribution >= 0.6 is 0 Å². The van der Waals surface area contributed by atoms with E-state index < -0.39 is 41.6 Å². The Labute approximate surface area is 169 Å². The van der Waals surface area contributed by atoms with Gasteiger partial charge in [-0.1, -0.05) is 0 Å². The number of likely N-dealkylation sites (N-methyl/N-ethyl adjacent to an activating group) is 1. The molecule has 10 nitrogen and oxygen atoms in total. The first-order chi connectivity index (χ1) is 11.4. The third-order valence-electron chi connectivity index (χ3n) is 5.36. The van der Waals surface area contributed by atoms with E-state index in [-0.39, 0.29) is 22.5 Å². The molecule has 0 spiro atoms. The molecule has 156 valence electrons. The van der Waals surface area contributed by atoms with Gasteiger partial charge in [0, 0.05) is 31.7 Å². The van der Waals surface area contributed by atoms with Gasteiger partial charge in [0.2, 0.25) is 0 Å². The third kappa shape index (κ3) is 6.70. The fourth-order valence-electron chi connectivity index (χ4n) is 3.17. The van der Waals surface area contributed by atoms with Crippen molar-refractivity contribution in [3.8, 4) is 0 Å². The molecule has 3 atom stereocenters. The minimum absolute atomic E-state index is 0. The second-order valence-electron chi connectivity index (χ2n) is 7.09. The van der Waals surface area contributed by atoms with Crippen LogP contribution in [-0.4, -0.2) is 110 Å².